The van der Waals surface area contributed by atoms with Crippen molar-refractivity contribution in [2.24, 2.45) is 11.8 Å². The number of aliphatic hydroxyl groups excluding tert-OH is 1. The van der Waals surface area contributed by atoms with E-state index < -0.39 is 43.6 Å². The van der Waals surface area contributed by atoms with E-state index in [4.69, 9.17) is 36.0 Å². The van der Waals surface area contributed by atoms with E-state index in [0.29, 0.717) is 41.4 Å². The van der Waals surface area contributed by atoms with E-state index in [9.17, 15) is 14.5 Å². The van der Waals surface area contributed by atoms with Crippen LogP contribution in [0.1, 0.15) is 39.3 Å². The lowest BCUT2D eigenvalue weighted by molar-refractivity contribution is -0.151. The average Bonchev–Trinajstić information content (AvgIpc) is 3.50. The minimum Gasteiger partial charge on any atom is -0.468 e. The van der Waals surface area contributed by atoms with Crippen molar-refractivity contribution in [3.8, 4) is 5.75 Å². The zero-order valence-corrected chi connectivity index (χ0v) is 24.5. The lowest BCUT2D eigenvalue weighted by Crippen LogP contribution is -2.56. The second-order valence-electron chi connectivity index (χ2n) is 10.1. The third-order valence-corrected chi connectivity index (χ3v) is 9.39. The van der Waals surface area contributed by atoms with E-state index in [1.807, 2.05) is 13.8 Å². The minimum absolute atomic E-state index is 0.213. The molecule has 2 aromatic heterocycles. The number of carbonyl (C=O) groups is 1. The zero-order valence-electron chi connectivity index (χ0n) is 22.8. The lowest BCUT2D eigenvalue weighted by atomic mass is 9.78. The number of nitrogens with one attached hydrogen (secondary N) is 1. The highest BCUT2D eigenvalue weighted by Gasteiger charge is 2.52. The number of carbonyl (C=O) groups excluding carboxylic acids is 1. The van der Waals surface area contributed by atoms with Crippen molar-refractivity contribution >= 4 is 42.3 Å². The van der Waals surface area contributed by atoms with Crippen LogP contribution in [-0.4, -0.2) is 68.6 Å². The predicted molar refractivity (Wildman–Crippen MR) is 149 cm³/mol. The van der Waals surface area contributed by atoms with Gasteiger partial charge in [0.15, 0.2) is 17.0 Å². The first kappa shape index (κ1) is 29.6. The summed E-state index contributed by atoms with van der Waals surface area (Å²) in [6.07, 6.45) is 1.90. The number of ether oxygens (including phenoxy) is 2. The van der Waals surface area contributed by atoms with Crippen molar-refractivity contribution in [1.29, 1.82) is 0 Å². The van der Waals surface area contributed by atoms with Gasteiger partial charge in [0.1, 0.15) is 29.9 Å². The summed E-state index contributed by atoms with van der Waals surface area (Å²) in [6, 6.07) is 6.22. The molecule has 41 heavy (non-hydrogen) atoms. The predicted octanol–water partition coefficient (Wildman–Crippen LogP) is 2.96. The summed E-state index contributed by atoms with van der Waals surface area (Å²) in [5, 5.41) is 15.8. The molecule has 1 aromatic carbocycles. The summed E-state index contributed by atoms with van der Waals surface area (Å²) in [7, 11) is -2.93. The number of halogens is 1. The second kappa shape index (κ2) is 11.8. The van der Waals surface area contributed by atoms with Gasteiger partial charge in [0, 0.05) is 17.5 Å². The van der Waals surface area contributed by atoms with Gasteiger partial charge in [-0.2, -0.15) is 5.09 Å². The van der Waals surface area contributed by atoms with Gasteiger partial charge in [0.05, 0.1) is 26.1 Å². The van der Waals surface area contributed by atoms with Crippen molar-refractivity contribution in [2.75, 3.05) is 25.3 Å². The number of methoxy groups -OCH3 is 1. The van der Waals surface area contributed by atoms with Gasteiger partial charge in [-0.25, -0.2) is 25.4 Å². The summed E-state index contributed by atoms with van der Waals surface area (Å²) in [4.78, 5) is 25.6. The van der Waals surface area contributed by atoms with Gasteiger partial charge in [-0.15, -0.1) is 0 Å². The number of nitrogens with zero attached hydrogens (tertiary/aromatic N) is 5. The fourth-order valence-electron chi connectivity index (χ4n) is 4.97. The molecule has 1 aliphatic carbocycles. The van der Waals surface area contributed by atoms with Crippen LogP contribution in [0.3, 0.4) is 0 Å². The molecule has 1 aliphatic heterocycles. The normalized spacial score (nSPS) is 24.9. The first-order valence-corrected chi connectivity index (χ1v) is 15.1. The number of benzene rings is 1. The van der Waals surface area contributed by atoms with Crippen LogP contribution in [0, 0.1) is 5.92 Å². The number of fused-ring (bicyclic) bond motifs is 1. The number of hydrazine groups is 1. The van der Waals surface area contributed by atoms with E-state index in [-0.39, 0.29) is 12.4 Å². The number of imidazole rings is 1. The van der Waals surface area contributed by atoms with Gasteiger partial charge < -0.3 is 19.1 Å². The molecule has 1 saturated carbocycles. The Balaban J connectivity index is 1.36. The highest BCUT2D eigenvalue weighted by atomic mass is 35.5. The van der Waals surface area contributed by atoms with Gasteiger partial charge in [-0.3, -0.25) is 18.9 Å². The van der Waals surface area contributed by atoms with Gasteiger partial charge in [-0.1, -0.05) is 18.5 Å². The molecule has 0 amide bonds. The molecule has 5 rings (SSSR count). The molecule has 3 aromatic rings. The van der Waals surface area contributed by atoms with Crippen LogP contribution < -0.4 is 20.5 Å². The third-order valence-electron chi connectivity index (χ3n) is 7.49. The lowest BCUT2D eigenvalue weighted by Gasteiger charge is -2.41. The molecule has 4 N–H and O–H groups in total. The Labute approximate surface area is 241 Å². The SMILES string of the molecule is CCN(N)c1ncnc2c1ncn2C1OC(COP(=O)(NC2(C(=O)OC)CCC2)Oc2ccc(Cl)cc2)[C@@H](O)[C@@H]1C. The van der Waals surface area contributed by atoms with E-state index in [1.54, 1.807) is 23.0 Å². The molecule has 2 fully saturated rings. The number of hydrogen-bond acceptors (Lipinski definition) is 12. The van der Waals surface area contributed by atoms with Gasteiger partial charge >= 0.3 is 13.7 Å². The van der Waals surface area contributed by atoms with Gasteiger partial charge in [0.2, 0.25) is 0 Å². The topological polar surface area (TPSA) is 176 Å². The average molecular weight is 610 g/mol. The first-order valence-electron chi connectivity index (χ1n) is 13.2. The Kier molecular flexibility index (Phi) is 8.53. The van der Waals surface area contributed by atoms with Crippen LogP contribution in [0.5, 0.6) is 5.75 Å². The van der Waals surface area contributed by atoms with E-state index in [2.05, 4.69) is 20.0 Å². The zero-order chi connectivity index (χ0) is 29.4. The molecule has 14 nitrogen and oxygen atoms in total. The van der Waals surface area contributed by atoms with Crippen molar-refractivity contribution in [3.05, 3.63) is 41.9 Å². The summed E-state index contributed by atoms with van der Waals surface area (Å²) < 4.78 is 38.5. The molecular formula is C25H33ClN7O7P. The second-order valence-corrected chi connectivity index (χ2v) is 12.2. The Hall–Kier alpha value is -2.84. The monoisotopic (exact) mass is 609 g/mol. The Morgan fingerprint density at radius 1 is 1.32 bits per heavy atom. The molecule has 0 spiro atoms. The van der Waals surface area contributed by atoms with Crippen molar-refractivity contribution < 1.29 is 33.0 Å². The summed E-state index contributed by atoms with van der Waals surface area (Å²) in [6.45, 7) is 3.90. The van der Waals surface area contributed by atoms with E-state index >= 15 is 0 Å². The minimum atomic E-state index is -4.19. The van der Waals surface area contributed by atoms with Gasteiger partial charge in [-0.05, 0) is 50.5 Å². The maximum Gasteiger partial charge on any atom is 0.459 e. The fraction of sp³-hybridized carbons (Fsp3) is 0.520. The quantitative estimate of drug-likeness (QED) is 0.125. The number of rotatable bonds is 11. The number of esters is 1. The summed E-state index contributed by atoms with van der Waals surface area (Å²) >= 11 is 5.98. The maximum absolute atomic E-state index is 14.1. The van der Waals surface area contributed by atoms with Crippen LogP contribution in [0.15, 0.2) is 36.9 Å². The third kappa shape index (κ3) is 5.78. The van der Waals surface area contributed by atoms with Crippen LogP contribution >= 0.6 is 19.3 Å². The highest BCUT2D eigenvalue weighted by molar-refractivity contribution is 7.52. The Morgan fingerprint density at radius 2 is 2.05 bits per heavy atom. The van der Waals surface area contributed by atoms with Crippen LogP contribution in [0.25, 0.3) is 11.2 Å². The molecule has 16 heteroatoms. The van der Waals surface area contributed by atoms with Crippen molar-refractivity contribution in [2.45, 2.75) is 57.1 Å². The number of aromatic nitrogens is 4. The van der Waals surface area contributed by atoms with E-state index in [1.165, 1.54) is 30.6 Å². The number of nitrogens with two attached hydrogens (primary N) is 1. The highest BCUT2D eigenvalue weighted by Crippen LogP contribution is 2.51. The molecule has 3 unspecified atom stereocenters. The summed E-state index contributed by atoms with van der Waals surface area (Å²) in [5.41, 5.74) is -0.252. The van der Waals surface area contributed by atoms with Crippen LogP contribution in [-0.2, 0) is 23.4 Å². The van der Waals surface area contributed by atoms with Gasteiger partial charge in [0.25, 0.3) is 0 Å². The Bertz CT molecular complexity index is 1440. The smallest absolute Gasteiger partial charge is 0.459 e. The maximum atomic E-state index is 14.1. The van der Waals surface area contributed by atoms with Crippen molar-refractivity contribution in [3.63, 3.8) is 0 Å². The first-order chi connectivity index (χ1) is 19.6. The molecule has 0 bridgehead atoms. The molecule has 2 aliphatic rings. The molecule has 5 atom stereocenters. The van der Waals surface area contributed by atoms with Crippen LogP contribution in [0.4, 0.5) is 5.82 Å². The van der Waals surface area contributed by atoms with E-state index in [0.717, 1.165) is 6.42 Å². The molecule has 0 radical (unpaired) electrons. The largest absolute Gasteiger partial charge is 0.468 e. The van der Waals surface area contributed by atoms with Crippen LogP contribution in [0.2, 0.25) is 5.02 Å². The van der Waals surface area contributed by atoms with Crippen molar-refractivity contribution in [1.82, 2.24) is 24.6 Å². The molecule has 1 saturated heterocycles. The fourth-order valence-corrected chi connectivity index (χ4v) is 6.84. The Morgan fingerprint density at radius 3 is 2.68 bits per heavy atom. The standard InChI is InChI=1S/C25H33ClN7O7P/c1-4-33(27)22-19-21(28-13-29-22)32(14-30-19)23-15(2)20(34)18(39-23)12-38-41(36,40-17-8-6-16(26)7-9-17)31-25(10-5-11-25)24(35)37-3/h6-9,13-15,18,20,23,34H,4-5,10-12,27H2,1-3H3,(H,31,36)/t15-,18?,20-,23?,41?/m0/s1. The number of hydrogen-bond donors (Lipinski definition) is 3. The summed E-state index contributed by atoms with van der Waals surface area (Å²) in [5.74, 6) is 5.74. The molecule has 3 heterocycles. The number of aliphatic hydroxyl groups is 1. The molecular weight excluding hydrogens is 577 g/mol. The molecule has 222 valence electrons. The number of anilines is 1.